The van der Waals surface area contributed by atoms with Crippen LogP contribution in [0.1, 0.15) is 31.8 Å². The van der Waals surface area contributed by atoms with E-state index in [2.05, 4.69) is 0 Å². The smallest absolute Gasteiger partial charge is 0.338 e. The highest BCUT2D eigenvalue weighted by Gasteiger charge is 2.25. The maximum Gasteiger partial charge on any atom is 0.338 e. The molecule has 1 aliphatic rings. The standard InChI is InChI=1S/C24H26N2O6/c1-17-3-7-19(8-4-17)23(29)31-15-21(27)25-11-13-26(14-12-25)22(28)16-32-24(30)20-9-5-18(2)6-10-20/h3-10H,11-16H2,1-2H3. The molecule has 0 aromatic heterocycles. The maximum atomic E-state index is 12.3. The molecule has 2 aromatic carbocycles. The molecule has 1 aliphatic heterocycles. The number of carbonyl (C=O) groups excluding carboxylic acids is 4. The van der Waals surface area contributed by atoms with Crippen LogP contribution in [0.3, 0.4) is 0 Å². The van der Waals surface area contributed by atoms with Crippen LogP contribution in [0, 0.1) is 13.8 Å². The van der Waals surface area contributed by atoms with Gasteiger partial charge in [-0.15, -0.1) is 0 Å². The van der Waals surface area contributed by atoms with E-state index in [-0.39, 0.29) is 25.0 Å². The number of carbonyl (C=O) groups is 4. The first kappa shape index (κ1) is 23.0. The minimum atomic E-state index is -0.553. The first-order chi connectivity index (χ1) is 15.3. The van der Waals surface area contributed by atoms with Crippen LogP contribution in [0.4, 0.5) is 0 Å². The second-order valence-corrected chi connectivity index (χ2v) is 7.65. The van der Waals surface area contributed by atoms with Crippen LogP contribution in [0.2, 0.25) is 0 Å². The predicted octanol–water partition coefficient (Wildman–Crippen LogP) is 1.99. The summed E-state index contributed by atoms with van der Waals surface area (Å²) >= 11 is 0. The van der Waals surface area contributed by atoms with Crippen LogP contribution in [0.5, 0.6) is 0 Å². The third-order valence-corrected chi connectivity index (χ3v) is 5.21. The molecule has 2 amide bonds. The molecule has 0 bridgehead atoms. The zero-order valence-corrected chi connectivity index (χ0v) is 18.2. The van der Waals surface area contributed by atoms with Gasteiger partial charge in [0, 0.05) is 26.2 Å². The Hall–Kier alpha value is -3.68. The number of amides is 2. The molecule has 0 spiro atoms. The number of esters is 2. The fourth-order valence-electron chi connectivity index (χ4n) is 3.19. The van der Waals surface area contributed by atoms with E-state index in [1.807, 2.05) is 13.8 Å². The summed E-state index contributed by atoms with van der Waals surface area (Å²) in [7, 11) is 0. The molecule has 0 unspecified atom stereocenters. The second kappa shape index (κ2) is 10.6. The van der Waals surface area contributed by atoms with E-state index in [4.69, 9.17) is 9.47 Å². The van der Waals surface area contributed by atoms with Crippen molar-refractivity contribution < 1.29 is 28.7 Å². The van der Waals surface area contributed by atoms with Gasteiger partial charge in [-0.1, -0.05) is 35.4 Å². The Balaban J connectivity index is 1.39. The van der Waals surface area contributed by atoms with Crippen molar-refractivity contribution in [1.29, 1.82) is 0 Å². The van der Waals surface area contributed by atoms with E-state index < -0.39 is 11.9 Å². The molecule has 1 fully saturated rings. The van der Waals surface area contributed by atoms with Crippen LogP contribution in [0.15, 0.2) is 48.5 Å². The fraction of sp³-hybridized carbons (Fsp3) is 0.333. The molecular weight excluding hydrogens is 412 g/mol. The lowest BCUT2D eigenvalue weighted by Gasteiger charge is -2.34. The number of piperazine rings is 1. The Kier molecular flexibility index (Phi) is 7.59. The Morgan fingerprint density at radius 1 is 0.625 bits per heavy atom. The summed E-state index contributed by atoms with van der Waals surface area (Å²) < 4.78 is 10.2. The van der Waals surface area contributed by atoms with Crippen molar-refractivity contribution >= 4 is 23.8 Å². The second-order valence-electron chi connectivity index (χ2n) is 7.65. The largest absolute Gasteiger partial charge is 0.452 e. The van der Waals surface area contributed by atoms with Gasteiger partial charge in [0.1, 0.15) is 0 Å². The van der Waals surface area contributed by atoms with Crippen LogP contribution >= 0.6 is 0 Å². The predicted molar refractivity (Wildman–Crippen MR) is 116 cm³/mol. The van der Waals surface area contributed by atoms with E-state index in [9.17, 15) is 19.2 Å². The highest BCUT2D eigenvalue weighted by atomic mass is 16.5. The Labute approximate surface area is 186 Å². The highest BCUT2D eigenvalue weighted by Crippen LogP contribution is 2.08. The number of hydrogen-bond acceptors (Lipinski definition) is 6. The molecule has 8 nitrogen and oxygen atoms in total. The molecule has 0 N–H and O–H groups in total. The summed E-state index contributed by atoms with van der Waals surface area (Å²) in [6.45, 7) is 4.39. The molecule has 3 rings (SSSR count). The topological polar surface area (TPSA) is 93.2 Å². The van der Waals surface area contributed by atoms with Gasteiger partial charge >= 0.3 is 11.9 Å². The van der Waals surface area contributed by atoms with Crippen molar-refractivity contribution in [3.63, 3.8) is 0 Å². The van der Waals surface area contributed by atoms with Crippen molar-refractivity contribution in [2.24, 2.45) is 0 Å². The molecule has 8 heteroatoms. The lowest BCUT2D eigenvalue weighted by Crippen LogP contribution is -2.52. The normalized spacial score (nSPS) is 13.4. The SMILES string of the molecule is Cc1ccc(C(=O)OCC(=O)N2CCN(C(=O)COC(=O)c3ccc(C)cc3)CC2)cc1. The van der Waals surface area contributed by atoms with E-state index >= 15 is 0 Å². The molecule has 0 atom stereocenters. The summed E-state index contributed by atoms with van der Waals surface area (Å²) in [5.41, 5.74) is 2.82. The van der Waals surface area contributed by atoms with Crippen molar-refractivity contribution in [2.75, 3.05) is 39.4 Å². The minimum Gasteiger partial charge on any atom is -0.452 e. The van der Waals surface area contributed by atoms with Crippen molar-refractivity contribution in [1.82, 2.24) is 9.80 Å². The lowest BCUT2D eigenvalue weighted by atomic mass is 10.1. The number of ether oxygens (including phenoxy) is 2. The van der Waals surface area contributed by atoms with E-state index in [0.29, 0.717) is 37.3 Å². The third-order valence-electron chi connectivity index (χ3n) is 5.21. The minimum absolute atomic E-state index is 0.316. The van der Waals surface area contributed by atoms with Crippen LogP contribution < -0.4 is 0 Å². The van der Waals surface area contributed by atoms with E-state index in [1.54, 1.807) is 58.3 Å². The quantitative estimate of drug-likeness (QED) is 0.641. The molecule has 0 aliphatic carbocycles. The fourth-order valence-corrected chi connectivity index (χ4v) is 3.19. The van der Waals surface area contributed by atoms with Gasteiger partial charge in [-0.25, -0.2) is 9.59 Å². The number of hydrogen-bond donors (Lipinski definition) is 0. The number of benzene rings is 2. The van der Waals surface area contributed by atoms with Gasteiger partial charge in [0.05, 0.1) is 11.1 Å². The van der Waals surface area contributed by atoms with Crippen LogP contribution in [-0.2, 0) is 19.1 Å². The average Bonchev–Trinajstić information content (AvgIpc) is 2.81. The van der Waals surface area contributed by atoms with Crippen molar-refractivity contribution in [2.45, 2.75) is 13.8 Å². The Morgan fingerprint density at radius 3 is 1.25 bits per heavy atom. The van der Waals surface area contributed by atoms with Gasteiger partial charge in [-0.05, 0) is 38.1 Å². The van der Waals surface area contributed by atoms with Crippen molar-refractivity contribution in [3.05, 3.63) is 70.8 Å². The van der Waals surface area contributed by atoms with Crippen LogP contribution in [0.25, 0.3) is 0 Å². The Morgan fingerprint density at radius 2 is 0.938 bits per heavy atom. The number of rotatable bonds is 6. The summed E-state index contributed by atoms with van der Waals surface area (Å²) in [5, 5.41) is 0. The molecule has 0 saturated carbocycles. The summed E-state index contributed by atoms with van der Waals surface area (Å²) in [6, 6.07) is 13.8. The van der Waals surface area contributed by atoms with E-state index in [1.165, 1.54) is 0 Å². The molecule has 32 heavy (non-hydrogen) atoms. The molecular formula is C24H26N2O6. The molecule has 168 valence electrons. The van der Waals surface area contributed by atoms with E-state index in [0.717, 1.165) is 11.1 Å². The molecule has 1 heterocycles. The third kappa shape index (κ3) is 6.16. The number of nitrogens with zero attached hydrogens (tertiary/aromatic N) is 2. The van der Waals surface area contributed by atoms with Gasteiger partial charge in [0.15, 0.2) is 13.2 Å². The van der Waals surface area contributed by atoms with Gasteiger partial charge in [0.2, 0.25) is 0 Å². The first-order valence-electron chi connectivity index (χ1n) is 10.4. The molecule has 0 radical (unpaired) electrons. The Bertz CT molecular complexity index is 895. The van der Waals surface area contributed by atoms with Gasteiger partial charge in [-0.3, -0.25) is 9.59 Å². The van der Waals surface area contributed by atoms with Gasteiger partial charge < -0.3 is 19.3 Å². The van der Waals surface area contributed by atoms with Gasteiger partial charge in [0.25, 0.3) is 11.8 Å². The summed E-state index contributed by atoms with van der Waals surface area (Å²) in [6.07, 6.45) is 0. The van der Waals surface area contributed by atoms with Gasteiger partial charge in [-0.2, -0.15) is 0 Å². The van der Waals surface area contributed by atoms with Crippen molar-refractivity contribution in [3.8, 4) is 0 Å². The van der Waals surface area contributed by atoms with Crippen LogP contribution in [-0.4, -0.2) is 72.9 Å². The monoisotopic (exact) mass is 438 g/mol. The first-order valence-corrected chi connectivity index (χ1v) is 10.4. The summed E-state index contributed by atoms with van der Waals surface area (Å²) in [4.78, 5) is 51.9. The zero-order valence-electron chi connectivity index (χ0n) is 18.2. The average molecular weight is 438 g/mol. The lowest BCUT2D eigenvalue weighted by molar-refractivity contribution is -0.142. The number of aryl methyl sites for hydroxylation is 2. The molecule has 2 aromatic rings. The highest BCUT2D eigenvalue weighted by molar-refractivity contribution is 5.92. The summed E-state index contributed by atoms with van der Waals surface area (Å²) in [5.74, 6) is -1.74. The zero-order chi connectivity index (χ0) is 23.1. The maximum absolute atomic E-state index is 12.3. The molecule has 1 saturated heterocycles.